The maximum absolute atomic E-state index is 10.3. The third-order valence-corrected chi connectivity index (χ3v) is 2.14. The van der Waals surface area contributed by atoms with E-state index in [1.54, 1.807) is 0 Å². The Balaban J connectivity index is -0.000000351. The van der Waals surface area contributed by atoms with Gasteiger partial charge < -0.3 is 35.7 Å². The minimum atomic E-state index is -2.74. The average molecular weight is 398 g/mol. The maximum Gasteiger partial charge on any atom is 0.371 e. The first-order chi connectivity index (χ1) is 12.0. The molecule has 0 heterocycles. The highest BCUT2D eigenvalue weighted by atomic mass is 16.4. The normalized spacial score (nSPS) is 9.41. The standard InChI is InChI=1S/C6H8O7.C4H6O4.C3H4O3/c7-3(8)1-6(13,5(11)12)2-4(9)10;5-3(6)1-2-4(7)8;1-2(4)3(5)6/h13H,1-2H2,(H,7,8)(H,9,10)(H,11,12);1-2H2,(H,5,6)(H,7,8);1H3,(H,5,6). The molecule has 27 heavy (non-hydrogen) atoms. The molecule has 0 radical (unpaired) electrons. The summed E-state index contributed by atoms with van der Waals surface area (Å²) in [7, 11) is 0. The van der Waals surface area contributed by atoms with E-state index in [0.29, 0.717) is 0 Å². The number of carbonyl (C=O) groups excluding carboxylic acids is 1. The fourth-order valence-electron chi connectivity index (χ4n) is 0.928. The number of hydrogen-bond donors (Lipinski definition) is 7. The molecule has 0 atom stereocenters. The van der Waals surface area contributed by atoms with E-state index in [-0.39, 0.29) is 12.8 Å². The van der Waals surface area contributed by atoms with Crippen LogP contribution in [0.5, 0.6) is 0 Å². The summed E-state index contributed by atoms with van der Waals surface area (Å²) in [6.45, 7) is 1.00. The number of ketones is 1. The summed E-state index contributed by atoms with van der Waals surface area (Å²) in [6.07, 6.45) is -2.88. The van der Waals surface area contributed by atoms with Crippen LogP contribution in [0.2, 0.25) is 0 Å². The molecule has 0 aliphatic heterocycles. The Kier molecular flexibility index (Phi) is 14.3. The second kappa shape index (κ2) is 13.7. The van der Waals surface area contributed by atoms with Crippen molar-refractivity contribution in [1.82, 2.24) is 0 Å². The number of carbonyl (C=O) groups is 7. The van der Waals surface area contributed by atoms with Crippen LogP contribution >= 0.6 is 0 Å². The zero-order valence-electron chi connectivity index (χ0n) is 13.8. The summed E-state index contributed by atoms with van der Waals surface area (Å²) in [6, 6.07) is 0. The van der Waals surface area contributed by atoms with Crippen molar-refractivity contribution in [2.45, 2.75) is 38.2 Å². The van der Waals surface area contributed by atoms with Crippen LogP contribution in [0.15, 0.2) is 0 Å². The molecule has 14 nitrogen and oxygen atoms in total. The van der Waals surface area contributed by atoms with Gasteiger partial charge in [0.05, 0.1) is 25.7 Å². The first-order valence-corrected chi connectivity index (χ1v) is 6.62. The number of carboxylic acid groups (broad SMARTS) is 6. The van der Waals surface area contributed by atoms with Crippen molar-refractivity contribution in [1.29, 1.82) is 0 Å². The van der Waals surface area contributed by atoms with Crippen LogP contribution in [0.1, 0.15) is 32.6 Å². The number of hydrogen-bond acceptors (Lipinski definition) is 8. The summed E-state index contributed by atoms with van der Waals surface area (Å²) in [5.41, 5.74) is -2.74. The molecule has 0 aliphatic carbocycles. The van der Waals surface area contributed by atoms with Gasteiger partial charge in [0, 0.05) is 6.92 Å². The van der Waals surface area contributed by atoms with Crippen LogP contribution in [0.4, 0.5) is 0 Å². The van der Waals surface area contributed by atoms with Crippen LogP contribution < -0.4 is 0 Å². The predicted octanol–water partition coefficient (Wildman–Crippen LogP) is -1.65. The molecule has 0 amide bonds. The second-order valence-electron chi connectivity index (χ2n) is 4.63. The molecule has 7 N–H and O–H groups in total. The molecule has 0 aromatic rings. The molecule has 0 rings (SSSR count). The van der Waals surface area contributed by atoms with Gasteiger partial charge >= 0.3 is 35.8 Å². The smallest absolute Gasteiger partial charge is 0.371 e. The topological polar surface area (TPSA) is 261 Å². The predicted molar refractivity (Wildman–Crippen MR) is 79.9 cm³/mol. The lowest BCUT2D eigenvalue weighted by Gasteiger charge is -2.18. The minimum Gasteiger partial charge on any atom is -0.481 e. The fraction of sp³-hybridized carbons (Fsp3) is 0.462. The summed E-state index contributed by atoms with van der Waals surface area (Å²) >= 11 is 0. The molecule has 0 fully saturated rings. The zero-order valence-corrected chi connectivity index (χ0v) is 13.8. The van der Waals surface area contributed by atoms with Crippen molar-refractivity contribution in [3.8, 4) is 0 Å². The summed E-state index contributed by atoms with van der Waals surface area (Å²) < 4.78 is 0. The lowest BCUT2D eigenvalue weighted by Crippen LogP contribution is -2.42. The van der Waals surface area contributed by atoms with Crippen molar-refractivity contribution >= 4 is 41.6 Å². The lowest BCUT2D eigenvalue weighted by atomic mass is 9.96. The minimum absolute atomic E-state index is 0.296. The van der Waals surface area contributed by atoms with Gasteiger partial charge in [-0.05, 0) is 0 Å². The molecular weight excluding hydrogens is 380 g/mol. The molecule has 14 heteroatoms. The SMILES string of the molecule is CC(=O)C(=O)O.O=C(O)CC(O)(CC(=O)O)C(=O)O.O=C(O)CCC(=O)O. The van der Waals surface area contributed by atoms with Crippen LogP contribution in [0.3, 0.4) is 0 Å². The van der Waals surface area contributed by atoms with Crippen molar-refractivity contribution in [3.63, 3.8) is 0 Å². The highest BCUT2D eigenvalue weighted by molar-refractivity contribution is 6.31. The van der Waals surface area contributed by atoms with Gasteiger partial charge in [0.2, 0.25) is 5.78 Å². The summed E-state index contributed by atoms with van der Waals surface area (Å²) in [4.78, 5) is 68.7. The molecule has 0 aliphatic rings. The molecular formula is C13H18O14. The molecule has 154 valence electrons. The summed E-state index contributed by atoms with van der Waals surface area (Å²) in [5.74, 6) is -9.38. The van der Waals surface area contributed by atoms with Gasteiger partial charge in [-0.2, -0.15) is 0 Å². The average Bonchev–Trinajstić information content (AvgIpc) is 2.44. The van der Waals surface area contributed by atoms with Gasteiger partial charge in [-0.1, -0.05) is 0 Å². The van der Waals surface area contributed by atoms with Gasteiger partial charge in [-0.15, -0.1) is 0 Å². The molecule has 0 unspecified atom stereocenters. The Morgan fingerprint density at radius 3 is 1.00 bits per heavy atom. The van der Waals surface area contributed by atoms with E-state index in [1.165, 1.54) is 0 Å². The van der Waals surface area contributed by atoms with Crippen molar-refractivity contribution in [2.24, 2.45) is 0 Å². The van der Waals surface area contributed by atoms with Crippen molar-refractivity contribution in [3.05, 3.63) is 0 Å². The van der Waals surface area contributed by atoms with Crippen molar-refractivity contribution < 1.29 is 69.3 Å². The Morgan fingerprint density at radius 1 is 0.630 bits per heavy atom. The lowest BCUT2D eigenvalue weighted by molar-refractivity contribution is -0.170. The van der Waals surface area contributed by atoms with Gasteiger partial charge in [0.1, 0.15) is 0 Å². The largest absolute Gasteiger partial charge is 0.481 e. The second-order valence-corrected chi connectivity index (χ2v) is 4.63. The summed E-state index contributed by atoms with van der Waals surface area (Å²) in [5, 5.41) is 57.3. The number of Topliss-reactive ketones (excluding diaryl/α,β-unsaturated/α-hetero) is 1. The fourth-order valence-corrected chi connectivity index (χ4v) is 0.928. The van der Waals surface area contributed by atoms with Gasteiger partial charge in [0.25, 0.3) is 0 Å². The van der Waals surface area contributed by atoms with Crippen molar-refractivity contribution in [2.75, 3.05) is 0 Å². The molecule has 0 spiro atoms. The highest BCUT2D eigenvalue weighted by Gasteiger charge is 2.40. The number of aliphatic carboxylic acids is 6. The first kappa shape index (κ1) is 28.3. The van der Waals surface area contributed by atoms with E-state index in [9.17, 15) is 33.6 Å². The number of aliphatic hydroxyl groups is 1. The van der Waals surface area contributed by atoms with E-state index in [1.807, 2.05) is 0 Å². The Hall–Kier alpha value is -3.55. The monoisotopic (exact) mass is 398 g/mol. The number of rotatable bonds is 9. The van der Waals surface area contributed by atoms with Crippen LogP contribution in [0, 0.1) is 0 Å². The van der Waals surface area contributed by atoms with Crippen LogP contribution in [-0.2, 0) is 33.6 Å². The Labute approximate surface area is 150 Å². The highest BCUT2D eigenvalue weighted by Crippen LogP contribution is 2.15. The van der Waals surface area contributed by atoms with E-state index < -0.39 is 60.0 Å². The van der Waals surface area contributed by atoms with E-state index in [0.717, 1.165) is 6.92 Å². The van der Waals surface area contributed by atoms with Gasteiger partial charge in [-0.25, -0.2) is 9.59 Å². The molecule has 0 saturated carbocycles. The van der Waals surface area contributed by atoms with Gasteiger partial charge in [0.15, 0.2) is 5.60 Å². The molecule has 0 aromatic carbocycles. The third kappa shape index (κ3) is 20.4. The number of carboxylic acids is 6. The third-order valence-electron chi connectivity index (χ3n) is 2.14. The molecule has 0 aromatic heterocycles. The van der Waals surface area contributed by atoms with Crippen LogP contribution in [0.25, 0.3) is 0 Å². The zero-order chi connectivity index (χ0) is 22.4. The van der Waals surface area contributed by atoms with E-state index >= 15 is 0 Å². The van der Waals surface area contributed by atoms with Crippen LogP contribution in [-0.4, -0.2) is 82.9 Å². The molecule has 0 bridgehead atoms. The quantitative estimate of drug-likeness (QED) is 0.214. The molecule has 0 saturated heterocycles. The van der Waals surface area contributed by atoms with Gasteiger partial charge in [-0.3, -0.25) is 24.0 Å². The Morgan fingerprint density at radius 2 is 0.889 bits per heavy atom. The first-order valence-electron chi connectivity index (χ1n) is 6.62. The maximum atomic E-state index is 10.3. The van der Waals surface area contributed by atoms with E-state index in [4.69, 9.17) is 35.7 Å². The Bertz CT molecular complexity index is 548. The van der Waals surface area contributed by atoms with E-state index in [2.05, 4.69) is 0 Å².